The zero-order valence-corrected chi connectivity index (χ0v) is 19.3. The summed E-state index contributed by atoms with van der Waals surface area (Å²) in [6.45, 7) is 7.80. The molecule has 1 aliphatic rings. The van der Waals surface area contributed by atoms with E-state index in [0.29, 0.717) is 37.6 Å². The first-order chi connectivity index (χ1) is 14.5. The molecule has 0 aromatic heterocycles. The molecular weight excluding hydrogens is 417 g/mol. The van der Waals surface area contributed by atoms with E-state index in [2.05, 4.69) is 20.8 Å². The number of benzene rings is 2. The number of hydrogen-bond acceptors (Lipinski definition) is 4. The number of rotatable bonds is 5. The number of amides is 1. The van der Waals surface area contributed by atoms with Gasteiger partial charge in [-0.25, -0.2) is 12.8 Å². The molecule has 3 rings (SSSR count). The van der Waals surface area contributed by atoms with E-state index in [0.717, 1.165) is 16.1 Å². The van der Waals surface area contributed by atoms with Crippen molar-refractivity contribution in [3.63, 3.8) is 0 Å². The van der Waals surface area contributed by atoms with Gasteiger partial charge in [-0.2, -0.15) is 0 Å². The molecule has 1 fully saturated rings. The predicted molar refractivity (Wildman–Crippen MR) is 123 cm³/mol. The molecule has 2 aromatic carbocycles. The summed E-state index contributed by atoms with van der Waals surface area (Å²) >= 11 is 0. The summed E-state index contributed by atoms with van der Waals surface area (Å²) in [7, 11) is -3.63. The molecule has 0 bridgehead atoms. The molecular formula is C23H30FN3O3S. The second-order valence-corrected chi connectivity index (χ2v) is 10.8. The number of nitrogens with zero attached hydrogens (tertiary/aromatic N) is 3. The highest BCUT2D eigenvalue weighted by atomic mass is 32.2. The first kappa shape index (κ1) is 23.1. The molecule has 0 spiro atoms. The number of halogens is 1. The van der Waals surface area contributed by atoms with E-state index in [1.807, 2.05) is 17.0 Å². The quantitative estimate of drug-likeness (QED) is 0.706. The van der Waals surface area contributed by atoms with Crippen molar-refractivity contribution in [1.82, 2.24) is 4.90 Å². The molecule has 6 nitrogen and oxygen atoms in total. The van der Waals surface area contributed by atoms with Crippen LogP contribution in [0.15, 0.2) is 48.5 Å². The zero-order chi connectivity index (χ0) is 22.8. The van der Waals surface area contributed by atoms with Crippen LogP contribution in [-0.2, 0) is 20.2 Å². The predicted octanol–water partition coefficient (Wildman–Crippen LogP) is 3.24. The summed E-state index contributed by atoms with van der Waals surface area (Å²) in [5.74, 6) is -0.553. The van der Waals surface area contributed by atoms with E-state index in [4.69, 9.17) is 0 Å². The van der Waals surface area contributed by atoms with Crippen LogP contribution in [0.4, 0.5) is 15.8 Å². The Labute approximate surface area is 184 Å². The van der Waals surface area contributed by atoms with E-state index in [9.17, 15) is 17.6 Å². The molecule has 8 heteroatoms. The molecule has 1 heterocycles. The smallest absolute Gasteiger partial charge is 0.243 e. The summed E-state index contributed by atoms with van der Waals surface area (Å²) < 4.78 is 40.0. The van der Waals surface area contributed by atoms with E-state index in [1.165, 1.54) is 6.07 Å². The fourth-order valence-electron chi connectivity index (χ4n) is 3.66. The summed E-state index contributed by atoms with van der Waals surface area (Å²) in [6.07, 6.45) is 1.11. The Hall–Kier alpha value is -2.61. The van der Waals surface area contributed by atoms with Crippen LogP contribution in [0.3, 0.4) is 0 Å². The van der Waals surface area contributed by atoms with Crippen LogP contribution >= 0.6 is 0 Å². The lowest BCUT2D eigenvalue weighted by atomic mass is 9.87. The lowest BCUT2D eigenvalue weighted by molar-refractivity contribution is -0.129. The Bertz CT molecular complexity index is 1020. The Morgan fingerprint density at radius 2 is 1.58 bits per heavy atom. The third kappa shape index (κ3) is 5.55. The fraction of sp³-hybridized carbons (Fsp3) is 0.435. The van der Waals surface area contributed by atoms with Crippen molar-refractivity contribution in [2.45, 2.75) is 26.2 Å². The first-order valence-corrected chi connectivity index (χ1v) is 12.2. The van der Waals surface area contributed by atoms with E-state index < -0.39 is 10.0 Å². The van der Waals surface area contributed by atoms with Crippen LogP contribution in [-0.4, -0.2) is 58.2 Å². The molecule has 1 amide bonds. The lowest BCUT2D eigenvalue weighted by Crippen LogP contribution is -2.52. The number of para-hydroxylation sites is 1. The van der Waals surface area contributed by atoms with Gasteiger partial charge in [0.25, 0.3) is 0 Å². The van der Waals surface area contributed by atoms with Gasteiger partial charge in [0, 0.05) is 26.2 Å². The number of hydrogen-bond donors (Lipinski definition) is 0. The molecule has 1 saturated heterocycles. The normalized spacial score (nSPS) is 15.1. The van der Waals surface area contributed by atoms with Gasteiger partial charge in [0.05, 0.1) is 17.6 Å². The Kier molecular flexibility index (Phi) is 6.59. The van der Waals surface area contributed by atoms with Crippen molar-refractivity contribution in [1.29, 1.82) is 0 Å². The first-order valence-electron chi connectivity index (χ1n) is 10.3. The highest BCUT2D eigenvalue weighted by Crippen LogP contribution is 2.26. The highest BCUT2D eigenvalue weighted by Gasteiger charge is 2.27. The van der Waals surface area contributed by atoms with Gasteiger partial charge in [-0.05, 0) is 35.2 Å². The van der Waals surface area contributed by atoms with Crippen LogP contribution < -0.4 is 9.21 Å². The van der Waals surface area contributed by atoms with Gasteiger partial charge in [0.15, 0.2) is 0 Å². The summed E-state index contributed by atoms with van der Waals surface area (Å²) in [4.78, 5) is 16.4. The standard InChI is InChI=1S/C23H30FN3O3S/c1-23(2,3)18-9-11-19(12-10-18)27(31(4,29)30)17-22(28)26-15-13-25(14-16-26)21-8-6-5-7-20(21)24/h5-12H,13-17H2,1-4H3. The third-order valence-corrected chi connectivity index (χ3v) is 6.67. The average Bonchev–Trinajstić information content (AvgIpc) is 2.71. The monoisotopic (exact) mass is 447 g/mol. The summed E-state index contributed by atoms with van der Waals surface area (Å²) in [6, 6.07) is 13.8. The lowest BCUT2D eigenvalue weighted by Gasteiger charge is -2.37. The molecule has 168 valence electrons. The van der Waals surface area contributed by atoms with Crippen LogP contribution in [0.25, 0.3) is 0 Å². The van der Waals surface area contributed by atoms with Crippen LogP contribution in [0.5, 0.6) is 0 Å². The van der Waals surface area contributed by atoms with Gasteiger partial charge in [0.1, 0.15) is 12.4 Å². The minimum atomic E-state index is -3.63. The number of sulfonamides is 1. The number of carbonyl (C=O) groups is 1. The van der Waals surface area contributed by atoms with Crippen LogP contribution in [0.1, 0.15) is 26.3 Å². The third-order valence-electron chi connectivity index (χ3n) is 5.53. The van der Waals surface area contributed by atoms with Crippen molar-refractivity contribution >= 4 is 27.3 Å². The van der Waals surface area contributed by atoms with Crippen LogP contribution in [0.2, 0.25) is 0 Å². The SMILES string of the molecule is CC(C)(C)c1ccc(N(CC(=O)N2CCN(c3ccccc3F)CC2)S(C)(=O)=O)cc1. The molecule has 0 N–H and O–H groups in total. The van der Waals surface area contributed by atoms with Crippen LogP contribution in [0, 0.1) is 5.82 Å². The number of carbonyl (C=O) groups excluding carboxylic acids is 1. The van der Waals surface area contributed by atoms with Gasteiger partial charge in [0.2, 0.25) is 15.9 Å². The highest BCUT2D eigenvalue weighted by molar-refractivity contribution is 7.92. The molecule has 2 aromatic rings. The maximum absolute atomic E-state index is 14.0. The molecule has 31 heavy (non-hydrogen) atoms. The van der Waals surface area contributed by atoms with Crippen molar-refractivity contribution in [2.24, 2.45) is 0 Å². The maximum atomic E-state index is 14.0. The van der Waals surface area contributed by atoms with Crippen molar-refractivity contribution in [2.75, 3.05) is 48.2 Å². The van der Waals surface area contributed by atoms with Crippen molar-refractivity contribution in [3.05, 3.63) is 59.9 Å². The van der Waals surface area contributed by atoms with Gasteiger partial charge in [-0.3, -0.25) is 9.10 Å². The van der Waals surface area contributed by atoms with Gasteiger partial charge in [-0.1, -0.05) is 45.0 Å². The van der Waals surface area contributed by atoms with Crippen molar-refractivity contribution in [3.8, 4) is 0 Å². The zero-order valence-electron chi connectivity index (χ0n) is 18.5. The van der Waals surface area contributed by atoms with E-state index >= 15 is 0 Å². The maximum Gasteiger partial charge on any atom is 0.243 e. The van der Waals surface area contributed by atoms with E-state index in [1.54, 1.807) is 35.2 Å². The van der Waals surface area contributed by atoms with Gasteiger partial charge < -0.3 is 9.80 Å². The molecule has 0 unspecified atom stereocenters. The second-order valence-electron chi connectivity index (χ2n) is 8.89. The molecule has 1 aliphatic heterocycles. The number of anilines is 2. The molecule has 0 aliphatic carbocycles. The summed E-state index contributed by atoms with van der Waals surface area (Å²) in [5, 5.41) is 0. The number of piperazine rings is 1. The Morgan fingerprint density at radius 3 is 2.10 bits per heavy atom. The summed E-state index contributed by atoms with van der Waals surface area (Å²) in [5.41, 5.74) is 2.02. The molecule has 0 saturated carbocycles. The minimum Gasteiger partial charge on any atom is -0.366 e. The Balaban J connectivity index is 1.69. The minimum absolute atomic E-state index is 0.0534. The van der Waals surface area contributed by atoms with E-state index in [-0.39, 0.29) is 23.7 Å². The molecule has 0 radical (unpaired) electrons. The van der Waals surface area contributed by atoms with Gasteiger partial charge >= 0.3 is 0 Å². The second kappa shape index (κ2) is 8.86. The fourth-order valence-corrected chi connectivity index (χ4v) is 4.51. The topological polar surface area (TPSA) is 60.9 Å². The molecule has 0 atom stereocenters. The van der Waals surface area contributed by atoms with Gasteiger partial charge in [-0.15, -0.1) is 0 Å². The Morgan fingerprint density at radius 1 is 1.00 bits per heavy atom. The largest absolute Gasteiger partial charge is 0.366 e. The van der Waals surface area contributed by atoms with Crippen molar-refractivity contribution < 1.29 is 17.6 Å². The average molecular weight is 448 g/mol.